The van der Waals surface area contributed by atoms with E-state index in [0.29, 0.717) is 11.7 Å². The first-order valence-corrected chi connectivity index (χ1v) is 10.8. The van der Waals surface area contributed by atoms with Crippen LogP contribution in [0.3, 0.4) is 0 Å². The molecule has 1 saturated carbocycles. The normalized spacial score (nSPS) is 18.8. The maximum absolute atomic E-state index is 12.6. The first-order chi connectivity index (χ1) is 13.8. The minimum atomic E-state index is -0.0206. The molecule has 1 N–H and O–H groups in total. The van der Waals surface area contributed by atoms with E-state index >= 15 is 0 Å². The van der Waals surface area contributed by atoms with Gasteiger partial charge in [-0.25, -0.2) is 0 Å². The number of amides is 1. The number of benzene rings is 1. The Hall–Kier alpha value is -2.36. The summed E-state index contributed by atoms with van der Waals surface area (Å²) >= 11 is 0. The minimum Gasteiger partial charge on any atom is -0.371 e. The van der Waals surface area contributed by atoms with E-state index in [2.05, 4.69) is 45.5 Å². The first kappa shape index (κ1) is 19.0. The molecule has 148 valence electrons. The Labute approximate surface area is 168 Å². The fourth-order valence-corrected chi connectivity index (χ4v) is 4.59. The van der Waals surface area contributed by atoms with E-state index in [-0.39, 0.29) is 5.91 Å². The van der Waals surface area contributed by atoms with Crippen molar-refractivity contribution >= 4 is 11.6 Å². The summed E-state index contributed by atoms with van der Waals surface area (Å²) in [4.78, 5) is 19.3. The number of hydrogen-bond acceptors (Lipinski definition) is 3. The number of piperidine rings is 1. The second-order valence-corrected chi connectivity index (χ2v) is 8.33. The number of aromatic nitrogens is 1. The summed E-state index contributed by atoms with van der Waals surface area (Å²) in [7, 11) is 0. The highest BCUT2D eigenvalue weighted by Gasteiger charge is 2.22. The molecule has 1 aromatic carbocycles. The largest absolute Gasteiger partial charge is 0.371 e. The third-order valence-electron chi connectivity index (χ3n) is 6.26. The van der Waals surface area contributed by atoms with Crippen molar-refractivity contribution in [3.8, 4) is 0 Å². The molecule has 0 unspecified atom stereocenters. The van der Waals surface area contributed by atoms with Gasteiger partial charge in [0.15, 0.2) is 0 Å². The van der Waals surface area contributed by atoms with Crippen molar-refractivity contribution < 1.29 is 4.79 Å². The summed E-state index contributed by atoms with van der Waals surface area (Å²) in [5, 5.41) is 3.18. The van der Waals surface area contributed by atoms with Crippen molar-refractivity contribution in [3.63, 3.8) is 0 Å². The number of hydrogen-bond donors (Lipinski definition) is 1. The van der Waals surface area contributed by atoms with Crippen molar-refractivity contribution in [3.05, 3.63) is 59.9 Å². The van der Waals surface area contributed by atoms with Gasteiger partial charge in [-0.05, 0) is 55.7 Å². The summed E-state index contributed by atoms with van der Waals surface area (Å²) in [5.74, 6) is 0.724. The van der Waals surface area contributed by atoms with Gasteiger partial charge in [0.25, 0.3) is 5.91 Å². The minimum absolute atomic E-state index is 0.0206. The van der Waals surface area contributed by atoms with E-state index in [1.807, 2.05) is 12.1 Å². The Bertz CT molecular complexity index is 762. The predicted octanol–water partition coefficient (Wildman–Crippen LogP) is 4.60. The third-order valence-corrected chi connectivity index (χ3v) is 6.26. The lowest BCUT2D eigenvalue weighted by Gasteiger charge is -2.33. The molecule has 0 bridgehead atoms. The molecule has 2 aromatic rings. The Morgan fingerprint density at radius 3 is 2.50 bits per heavy atom. The topological polar surface area (TPSA) is 45.2 Å². The molecule has 0 radical (unpaired) electrons. The van der Waals surface area contributed by atoms with Gasteiger partial charge in [-0.15, -0.1) is 0 Å². The SMILES string of the molecule is O=C(NC1CCCCC1)c1cc(N2CCC(Cc3ccccc3)CC2)ccn1. The summed E-state index contributed by atoms with van der Waals surface area (Å²) in [5.41, 5.74) is 3.11. The monoisotopic (exact) mass is 377 g/mol. The van der Waals surface area contributed by atoms with Gasteiger partial charge in [-0.3, -0.25) is 9.78 Å². The molecule has 2 heterocycles. The van der Waals surface area contributed by atoms with Gasteiger partial charge in [0, 0.05) is 31.0 Å². The van der Waals surface area contributed by atoms with Crippen LogP contribution in [0.4, 0.5) is 5.69 Å². The molecule has 0 spiro atoms. The molecule has 2 aliphatic rings. The maximum Gasteiger partial charge on any atom is 0.270 e. The molecule has 0 atom stereocenters. The Morgan fingerprint density at radius 1 is 1.00 bits per heavy atom. The average molecular weight is 378 g/mol. The van der Waals surface area contributed by atoms with Crippen LogP contribution >= 0.6 is 0 Å². The molecule has 1 aliphatic heterocycles. The zero-order valence-corrected chi connectivity index (χ0v) is 16.6. The Kier molecular flexibility index (Phi) is 6.25. The highest BCUT2D eigenvalue weighted by molar-refractivity contribution is 5.93. The third kappa shape index (κ3) is 4.92. The van der Waals surface area contributed by atoms with E-state index < -0.39 is 0 Å². The highest BCUT2D eigenvalue weighted by Crippen LogP contribution is 2.26. The van der Waals surface area contributed by atoms with Crippen molar-refractivity contribution in [2.45, 2.75) is 57.4 Å². The van der Waals surface area contributed by atoms with Crippen LogP contribution in [-0.4, -0.2) is 30.0 Å². The lowest BCUT2D eigenvalue weighted by atomic mass is 9.90. The van der Waals surface area contributed by atoms with Gasteiger partial charge in [0.2, 0.25) is 0 Å². The van der Waals surface area contributed by atoms with Crippen LogP contribution in [0.5, 0.6) is 0 Å². The zero-order chi connectivity index (χ0) is 19.2. The van der Waals surface area contributed by atoms with Gasteiger partial charge >= 0.3 is 0 Å². The number of nitrogens with one attached hydrogen (secondary N) is 1. The van der Waals surface area contributed by atoms with Crippen LogP contribution in [0.25, 0.3) is 0 Å². The summed E-state index contributed by atoms with van der Waals surface area (Å²) < 4.78 is 0. The fraction of sp³-hybridized carbons (Fsp3) is 0.500. The Balaban J connectivity index is 1.32. The van der Waals surface area contributed by atoms with Crippen LogP contribution in [0.2, 0.25) is 0 Å². The molecular weight excluding hydrogens is 346 g/mol. The van der Waals surface area contributed by atoms with Crippen molar-refractivity contribution in [1.29, 1.82) is 0 Å². The van der Waals surface area contributed by atoms with Crippen molar-refractivity contribution in [2.75, 3.05) is 18.0 Å². The van der Waals surface area contributed by atoms with Crippen LogP contribution in [0.15, 0.2) is 48.7 Å². The molecular formula is C24H31N3O. The van der Waals surface area contributed by atoms with Crippen LogP contribution < -0.4 is 10.2 Å². The highest BCUT2D eigenvalue weighted by atomic mass is 16.1. The summed E-state index contributed by atoms with van der Waals surface area (Å²) in [6.07, 6.45) is 11.3. The molecule has 1 aromatic heterocycles. The second-order valence-electron chi connectivity index (χ2n) is 8.33. The standard InChI is InChI=1S/C24H31N3O/c28-24(26-21-9-5-2-6-10-21)23-18-22(11-14-25-23)27-15-12-20(13-16-27)17-19-7-3-1-4-8-19/h1,3-4,7-8,11,14,18,20-21H,2,5-6,9-10,12-13,15-17H2,(H,26,28). The molecule has 4 nitrogen and oxygen atoms in total. The molecule has 4 heteroatoms. The van der Waals surface area contributed by atoms with Gasteiger partial charge in [0.05, 0.1) is 0 Å². The number of pyridine rings is 1. The van der Waals surface area contributed by atoms with E-state index in [1.54, 1.807) is 6.20 Å². The molecule has 1 amide bonds. The Morgan fingerprint density at radius 2 is 1.75 bits per heavy atom. The van der Waals surface area contributed by atoms with Crippen LogP contribution in [0, 0.1) is 5.92 Å². The lowest BCUT2D eigenvalue weighted by molar-refractivity contribution is 0.0922. The van der Waals surface area contributed by atoms with Crippen LogP contribution in [-0.2, 0) is 6.42 Å². The van der Waals surface area contributed by atoms with Crippen LogP contribution in [0.1, 0.15) is 61.0 Å². The number of carbonyl (C=O) groups excluding carboxylic acids is 1. The molecule has 1 aliphatic carbocycles. The zero-order valence-electron chi connectivity index (χ0n) is 16.6. The average Bonchev–Trinajstić information content (AvgIpc) is 2.76. The molecule has 4 rings (SSSR count). The van der Waals surface area contributed by atoms with E-state index in [4.69, 9.17) is 0 Å². The van der Waals surface area contributed by atoms with Gasteiger partial charge < -0.3 is 10.2 Å². The summed E-state index contributed by atoms with van der Waals surface area (Å²) in [6.45, 7) is 2.09. The molecule has 2 fully saturated rings. The van der Waals surface area contributed by atoms with E-state index in [9.17, 15) is 4.79 Å². The molecule has 1 saturated heterocycles. The van der Waals surface area contributed by atoms with E-state index in [1.165, 1.54) is 44.1 Å². The number of anilines is 1. The fourth-order valence-electron chi connectivity index (χ4n) is 4.59. The van der Waals surface area contributed by atoms with Crippen molar-refractivity contribution in [1.82, 2.24) is 10.3 Å². The molecule has 28 heavy (non-hydrogen) atoms. The maximum atomic E-state index is 12.6. The van der Waals surface area contributed by atoms with E-state index in [0.717, 1.165) is 37.5 Å². The quantitative estimate of drug-likeness (QED) is 0.828. The van der Waals surface area contributed by atoms with Gasteiger partial charge in [-0.1, -0.05) is 49.6 Å². The van der Waals surface area contributed by atoms with Crippen molar-refractivity contribution in [2.24, 2.45) is 5.92 Å². The predicted molar refractivity (Wildman–Crippen MR) is 114 cm³/mol. The smallest absolute Gasteiger partial charge is 0.270 e. The first-order valence-electron chi connectivity index (χ1n) is 10.8. The second kappa shape index (κ2) is 9.22. The van der Waals surface area contributed by atoms with Gasteiger partial charge in [-0.2, -0.15) is 0 Å². The number of rotatable bonds is 5. The lowest BCUT2D eigenvalue weighted by Crippen LogP contribution is -2.37. The summed E-state index contributed by atoms with van der Waals surface area (Å²) in [6, 6.07) is 15.1. The number of carbonyl (C=O) groups is 1. The number of nitrogens with zero attached hydrogens (tertiary/aromatic N) is 2. The van der Waals surface area contributed by atoms with Gasteiger partial charge in [0.1, 0.15) is 5.69 Å².